The summed E-state index contributed by atoms with van der Waals surface area (Å²) in [6, 6.07) is 7.47. The van der Waals surface area contributed by atoms with Crippen LogP contribution in [0.3, 0.4) is 0 Å². The van der Waals surface area contributed by atoms with E-state index in [0.29, 0.717) is 5.56 Å². The summed E-state index contributed by atoms with van der Waals surface area (Å²) in [6.45, 7) is 0. The van der Waals surface area contributed by atoms with E-state index in [1.165, 1.54) is 18.2 Å². The van der Waals surface area contributed by atoms with Gasteiger partial charge in [-0.1, -0.05) is 0 Å². The predicted molar refractivity (Wildman–Crippen MR) is 66.8 cm³/mol. The highest BCUT2D eigenvalue weighted by atomic mass is 16.3. The molecule has 1 aromatic carbocycles. The van der Waals surface area contributed by atoms with E-state index in [-0.39, 0.29) is 34.0 Å². The van der Waals surface area contributed by atoms with E-state index in [9.17, 15) is 15.0 Å². The Hall–Kier alpha value is -2.89. The van der Waals surface area contributed by atoms with Crippen LogP contribution in [0.4, 0.5) is 0 Å². The Balaban J connectivity index is 2.25. The molecule has 0 radical (unpaired) electrons. The molecule has 0 aliphatic heterocycles. The highest BCUT2D eigenvalue weighted by Crippen LogP contribution is 2.23. The Morgan fingerprint density at radius 1 is 1.11 bits per heavy atom. The number of phenolic OH excluding ortho intramolecular Hbond substituents is 1. The summed E-state index contributed by atoms with van der Waals surface area (Å²) >= 11 is 0. The lowest BCUT2D eigenvalue weighted by atomic mass is 10.1. The Morgan fingerprint density at radius 3 is 2.58 bits per heavy atom. The molecule has 0 atom stereocenters. The van der Waals surface area contributed by atoms with E-state index < -0.39 is 0 Å². The number of aromatic hydroxyl groups is 2. The molecule has 94 valence electrons. The molecule has 6 heteroatoms. The van der Waals surface area contributed by atoms with Crippen molar-refractivity contribution in [2.45, 2.75) is 0 Å². The van der Waals surface area contributed by atoms with Crippen molar-refractivity contribution in [3.8, 4) is 23.0 Å². The maximum Gasteiger partial charge on any atom is 0.252 e. The standard InChI is InChI=1S/C13H8N2O4/c16-8-3-1-7(2-4-8)10-5-9(17)12-13(19-10)15-11(18)6-14-12/h1-6,16H,(H,15,18). The molecule has 3 aromatic rings. The van der Waals surface area contributed by atoms with E-state index in [4.69, 9.17) is 4.42 Å². The van der Waals surface area contributed by atoms with Crippen molar-refractivity contribution < 1.29 is 14.6 Å². The molecule has 2 heterocycles. The molecule has 0 saturated carbocycles. The molecule has 0 aliphatic rings. The van der Waals surface area contributed by atoms with Gasteiger partial charge >= 0.3 is 0 Å². The maximum atomic E-state index is 11.9. The van der Waals surface area contributed by atoms with Crippen LogP contribution in [0.5, 0.6) is 11.6 Å². The van der Waals surface area contributed by atoms with Crippen LogP contribution in [0.2, 0.25) is 0 Å². The second kappa shape index (κ2) is 4.09. The molecule has 3 rings (SSSR count). The van der Waals surface area contributed by atoms with Crippen LogP contribution in [-0.4, -0.2) is 20.2 Å². The van der Waals surface area contributed by atoms with E-state index in [1.54, 1.807) is 12.1 Å². The minimum absolute atomic E-state index is 0.0319. The van der Waals surface area contributed by atoms with Gasteiger partial charge in [-0.05, 0) is 24.3 Å². The van der Waals surface area contributed by atoms with Crippen LogP contribution >= 0.6 is 0 Å². The molecular weight excluding hydrogens is 248 g/mol. The number of rotatable bonds is 1. The summed E-state index contributed by atoms with van der Waals surface area (Å²) in [7, 11) is 0. The summed E-state index contributed by atoms with van der Waals surface area (Å²) in [5, 5.41) is 18.5. The third kappa shape index (κ3) is 1.99. The Labute approximate surface area is 106 Å². The van der Waals surface area contributed by atoms with Crippen molar-refractivity contribution >= 4 is 11.2 Å². The Bertz CT molecular complexity index is 809. The smallest absolute Gasteiger partial charge is 0.252 e. The van der Waals surface area contributed by atoms with Crippen molar-refractivity contribution in [2.24, 2.45) is 0 Å². The van der Waals surface area contributed by atoms with Gasteiger partial charge in [0.05, 0.1) is 6.20 Å². The summed E-state index contributed by atoms with van der Waals surface area (Å²) in [5.41, 5.74) is 0.287. The van der Waals surface area contributed by atoms with Crippen molar-refractivity contribution in [1.82, 2.24) is 9.97 Å². The Kier molecular flexibility index (Phi) is 2.42. The van der Waals surface area contributed by atoms with Crippen molar-refractivity contribution in [3.63, 3.8) is 0 Å². The monoisotopic (exact) mass is 256 g/mol. The third-order valence-corrected chi connectivity index (χ3v) is 2.58. The first kappa shape index (κ1) is 11.2. The van der Waals surface area contributed by atoms with Gasteiger partial charge in [0, 0.05) is 11.6 Å². The van der Waals surface area contributed by atoms with E-state index >= 15 is 0 Å². The van der Waals surface area contributed by atoms with Crippen LogP contribution < -0.4 is 5.43 Å². The average Bonchev–Trinajstić information content (AvgIpc) is 2.38. The van der Waals surface area contributed by atoms with E-state index in [2.05, 4.69) is 9.97 Å². The SMILES string of the molecule is O=c1cc(-c2ccc(O)cc2)oc2nc(O)cnc12. The van der Waals surface area contributed by atoms with Crippen LogP contribution in [0.1, 0.15) is 0 Å². The molecule has 0 aliphatic carbocycles. The first-order chi connectivity index (χ1) is 9.13. The summed E-state index contributed by atoms with van der Waals surface area (Å²) in [5.74, 6) is 0.0835. The van der Waals surface area contributed by atoms with Crippen molar-refractivity contribution in [1.29, 1.82) is 0 Å². The summed E-state index contributed by atoms with van der Waals surface area (Å²) < 4.78 is 5.43. The van der Waals surface area contributed by atoms with Gasteiger partial charge in [-0.15, -0.1) is 0 Å². The average molecular weight is 256 g/mol. The lowest BCUT2D eigenvalue weighted by molar-refractivity contribution is 0.447. The molecule has 2 aromatic heterocycles. The highest BCUT2D eigenvalue weighted by Gasteiger charge is 2.09. The number of aromatic nitrogens is 2. The van der Waals surface area contributed by atoms with Gasteiger partial charge in [0.2, 0.25) is 11.3 Å². The number of hydrogen-bond donors (Lipinski definition) is 2. The lowest BCUT2D eigenvalue weighted by Crippen LogP contribution is -2.03. The van der Waals surface area contributed by atoms with Gasteiger partial charge in [0.25, 0.3) is 5.71 Å². The van der Waals surface area contributed by atoms with Gasteiger partial charge in [-0.25, -0.2) is 4.98 Å². The normalized spacial score (nSPS) is 10.7. The zero-order valence-corrected chi connectivity index (χ0v) is 9.57. The van der Waals surface area contributed by atoms with Crippen molar-refractivity contribution in [2.75, 3.05) is 0 Å². The van der Waals surface area contributed by atoms with E-state index in [1.807, 2.05) is 0 Å². The van der Waals surface area contributed by atoms with Gasteiger partial charge in [0.15, 0.2) is 5.52 Å². The molecule has 0 amide bonds. The molecule has 0 bridgehead atoms. The van der Waals surface area contributed by atoms with E-state index in [0.717, 1.165) is 6.20 Å². The first-order valence-electron chi connectivity index (χ1n) is 5.43. The molecule has 0 saturated heterocycles. The molecule has 6 nitrogen and oxygen atoms in total. The fraction of sp³-hybridized carbons (Fsp3) is 0. The number of nitrogens with zero attached hydrogens (tertiary/aromatic N) is 2. The first-order valence-corrected chi connectivity index (χ1v) is 5.43. The minimum atomic E-state index is -0.350. The van der Waals surface area contributed by atoms with Gasteiger partial charge in [-0.2, -0.15) is 4.98 Å². The second-order valence-electron chi connectivity index (χ2n) is 3.90. The Morgan fingerprint density at radius 2 is 1.84 bits per heavy atom. The molecule has 0 spiro atoms. The fourth-order valence-corrected chi connectivity index (χ4v) is 1.69. The summed E-state index contributed by atoms with van der Waals surface area (Å²) in [6.07, 6.45) is 1.08. The molecule has 2 N–H and O–H groups in total. The minimum Gasteiger partial charge on any atom is -0.508 e. The quantitative estimate of drug-likeness (QED) is 0.687. The molecule has 0 fully saturated rings. The predicted octanol–water partition coefficient (Wildman–Crippen LogP) is 1.66. The zero-order chi connectivity index (χ0) is 13.4. The van der Waals surface area contributed by atoms with Crippen molar-refractivity contribution in [3.05, 3.63) is 46.8 Å². The highest BCUT2D eigenvalue weighted by molar-refractivity contribution is 5.71. The van der Waals surface area contributed by atoms with Crippen LogP contribution in [0.25, 0.3) is 22.6 Å². The largest absolute Gasteiger partial charge is 0.508 e. The number of hydrogen-bond acceptors (Lipinski definition) is 6. The van der Waals surface area contributed by atoms with Crippen LogP contribution in [0, 0.1) is 0 Å². The van der Waals surface area contributed by atoms with Crippen LogP contribution in [0.15, 0.2) is 45.7 Å². The van der Waals surface area contributed by atoms with Gasteiger partial charge < -0.3 is 14.6 Å². The maximum absolute atomic E-state index is 11.9. The third-order valence-electron chi connectivity index (χ3n) is 2.58. The van der Waals surface area contributed by atoms with Crippen LogP contribution in [-0.2, 0) is 0 Å². The fourth-order valence-electron chi connectivity index (χ4n) is 1.69. The molecule has 0 unspecified atom stereocenters. The molecule has 19 heavy (non-hydrogen) atoms. The number of benzene rings is 1. The number of phenols is 1. The van der Waals surface area contributed by atoms with Gasteiger partial charge in [0.1, 0.15) is 11.5 Å². The second-order valence-corrected chi connectivity index (χ2v) is 3.90. The zero-order valence-electron chi connectivity index (χ0n) is 9.57. The lowest BCUT2D eigenvalue weighted by Gasteiger charge is -2.02. The summed E-state index contributed by atoms with van der Waals surface area (Å²) in [4.78, 5) is 19.3. The topological polar surface area (TPSA) is 96.5 Å². The molecular formula is C13H8N2O4. The van der Waals surface area contributed by atoms with Gasteiger partial charge in [-0.3, -0.25) is 4.79 Å². The number of fused-ring (bicyclic) bond motifs is 1.